The van der Waals surface area contributed by atoms with Gasteiger partial charge < -0.3 is 34.8 Å². The van der Waals surface area contributed by atoms with Crippen molar-refractivity contribution in [3.05, 3.63) is 89.9 Å². The predicted molar refractivity (Wildman–Crippen MR) is 262 cm³/mol. The summed E-state index contributed by atoms with van der Waals surface area (Å²) in [6.45, 7) is 24.8. The number of carbonyl (C=O) groups excluding carboxylic acids is 2. The molecule has 2 aliphatic heterocycles. The highest BCUT2D eigenvalue weighted by Crippen LogP contribution is 2.48. The Morgan fingerprint density at radius 2 is 1.44 bits per heavy atom. The number of methoxy groups -OCH3 is 1. The summed E-state index contributed by atoms with van der Waals surface area (Å²) >= 11 is 0. The van der Waals surface area contributed by atoms with E-state index in [4.69, 9.17) is 9.47 Å². The summed E-state index contributed by atoms with van der Waals surface area (Å²) in [6, 6.07) is 0. The topological polar surface area (TPSA) is 132 Å². The van der Waals surface area contributed by atoms with Crippen LogP contribution in [0.4, 0.5) is 0 Å². The molecule has 6 rings (SSSR count). The minimum Gasteiger partial charge on any atom is -0.468 e. The number of hydrogen-bond donors (Lipinski definition) is 5. The zero-order valence-electron chi connectivity index (χ0n) is 41.3. The molecule has 3 aliphatic rings. The maximum Gasteiger partial charge on any atom is 0.321 e. The van der Waals surface area contributed by atoms with Crippen LogP contribution in [-0.2, 0) is 27.1 Å². The average molecular weight is 877 g/mol. The summed E-state index contributed by atoms with van der Waals surface area (Å²) in [5.74, 6) is 0.271. The molecule has 8 bridgehead atoms. The second kappa shape index (κ2) is 21.8. The van der Waals surface area contributed by atoms with Crippen LogP contribution >= 0.6 is 0 Å². The standard InChI is InChI=1S/C55H80N4O5/c1-13-39-35(8)42-28-44-37(10)41(24-25-48(60)64-27-26-34(7)23-17-22-33(6)21-16-20-32(5)19-15-18-31(3)4)52(58-44)50-51(55(62)63-12)54(61)49-38(11)45(59-53(49)50)30-47-40(14-2)36(9)43(57-47)29-46(39)56-42/h26,28-33,37,41,48,51,56-60H,13-25,27H2,1-12H3/b34-26+,43-29-,44-28-,47-30-,52-50-/t32-,33-,37+,41+,48?,51-/m1/s1. The third-order valence-corrected chi connectivity index (χ3v) is 14.9. The molecule has 9 heteroatoms. The third kappa shape index (κ3) is 10.8. The quantitative estimate of drug-likeness (QED) is 0.0313. The summed E-state index contributed by atoms with van der Waals surface area (Å²) < 4.78 is 11.3. The van der Waals surface area contributed by atoms with Crippen molar-refractivity contribution in [3.8, 4) is 0 Å². The maximum absolute atomic E-state index is 14.4. The average Bonchev–Trinajstić information content (AvgIpc) is 3.99. The largest absolute Gasteiger partial charge is 0.468 e. The molecule has 5 N–H and O–H groups in total. The second-order valence-corrected chi connectivity index (χ2v) is 20.1. The van der Waals surface area contributed by atoms with E-state index >= 15 is 0 Å². The van der Waals surface area contributed by atoms with Gasteiger partial charge in [-0.1, -0.05) is 105 Å². The Bertz CT molecular complexity index is 2360. The van der Waals surface area contributed by atoms with Crippen molar-refractivity contribution in [3.63, 3.8) is 0 Å². The van der Waals surface area contributed by atoms with Crippen LogP contribution in [0.5, 0.6) is 0 Å². The first-order valence-electron chi connectivity index (χ1n) is 24.7. The Kier molecular flexibility index (Phi) is 16.7. The molecule has 350 valence electrons. The number of aliphatic hydroxyl groups is 1. The zero-order chi connectivity index (χ0) is 46.4. The van der Waals surface area contributed by atoms with Crippen LogP contribution in [0.2, 0.25) is 0 Å². The monoisotopic (exact) mass is 877 g/mol. The number of rotatable bonds is 21. The lowest BCUT2D eigenvalue weighted by molar-refractivity contribution is -0.141. The first kappa shape index (κ1) is 49.1. The number of aromatic amines is 3. The SMILES string of the molecule is CCc1c2[nH]c(c1C)/C=C1\N/C(=C3\c4[nH]c(c(C)c4C(=O)[C@@H]3C(=O)OC)/C=c3\[nH]/c(c(C)c3CC)=C\2)[C@@H](CCC(O)OC/C=C(\C)CCC[C@H](C)CCC[C@H](C)CCCC(C)C)[C@@H]1C. The smallest absolute Gasteiger partial charge is 0.321 e. The van der Waals surface area contributed by atoms with Crippen molar-refractivity contribution < 1.29 is 24.2 Å². The summed E-state index contributed by atoms with van der Waals surface area (Å²) in [4.78, 5) is 39.2. The van der Waals surface area contributed by atoms with Crippen LogP contribution in [0, 0.1) is 56.3 Å². The van der Waals surface area contributed by atoms with Gasteiger partial charge >= 0.3 is 5.97 Å². The lowest BCUT2D eigenvalue weighted by Gasteiger charge is -2.21. The lowest BCUT2D eigenvalue weighted by atomic mass is 9.85. The summed E-state index contributed by atoms with van der Waals surface area (Å²) in [7, 11) is 1.34. The van der Waals surface area contributed by atoms with Gasteiger partial charge in [-0.05, 0) is 130 Å². The molecule has 3 aromatic rings. The maximum atomic E-state index is 14.4. The van der Waals surface area contributed by atoms with Crippen molar-refractivity contribution in [1.29, 1.82) is 0 Å². The van der Waals surface area contributed by atoms with Gasteiger partial charge in [-0.2, -0.15) is 0 Å². The van der Waals surface area contributed by atoms with Gasteiger partial charge in [-0.25, -0.2) is 0 Å². The number of nitrogens with one attached hydrogen (secondary N) is 4. The molecule has 1 unspecified atom stereocenters. The van der Waals surface area contributed by atoms with E-state index in [0.717, 1.165) is 81.8 Å². The van der Waals surface area contributed by atoms with E-state index in [-0.39, 0.29) is 17.6 Å². The van der Waals surface area contributed by atoms with Crippen molar-refractivity contribution >= 4 is 35.6 Å². The number of Topliss-reactive ketones (excluding diaryl/α,β-unsaturated/α-hetero) is 1. The fourth-order valence-electron chi connectivity index (χ4n) is 10.7. The predicted octanol–water partition coefficient (Wildman–Crippen LogP) is 10.8. The number of ether oxygens (including phenoxy) is 2. The van der Waals surface area contributed by atoms with Crippen LogP contribution in [0.1, 0.15) is 187 Å². The van der Waals surface area contributed by atoms with Crippen molar-refractivity contribution in [2.24, 2.45) is 35.5 Å². The Hall–Kier alpha value is -4.34. The molecule has 0 saturated carbocycles. The number of H-pyrrole nitrogens is 3. The van der Waals surface area contributed by atoms with Crippen molar-refractivity contribution in [2.75, 3.05) is 13.7 Å². The number of allylic oxidation sites excluding steroid dienone is 3. The Morgan fingerprint density at radius 3 is 2.09 bits per heavy atom. The van der Waals surface area contributed by atoms with Gasteiger partial charge in [-0.3, -0.25) is 9.59 Å². The fraction of sp³-hybridized carbons (Fsp3) is 0.600. The number of ketones is 1. The van der Waals surface area contributed by atoms with Crippen LogP contribution in [0.15, 0.2) is 23.0 Å². The van der Waals surface area contributed by atoms with Crippen molar-refractivity contribution in [1.82, 2.24) is 20.3 Å². The molecule has 5 heterocycles. The van der Waals surface area contributed by atoms with Gasteiger partial charge in [0, 0.05) is 62.1 Å². The zero-order valence-corrected chi connectivity index (χ0v) is 41.3. The van der Waals surface area contributed by atoms with E-state index in [2.05, 4.69) is 114 Å². The van der Waals surface area contributed by atoms with Crippen LogP contribution < -0.4 is 16.0 Å². The van der Waals surface area contributed by atoms with Crippen LogP contribution in [0.3, 0.4) is 0 Å². The number of aromatic nitrogens is 3. The highest BCUT2D eigenvalue weighted by molar-refractivity contribution is 6.24. The molecule has 64 heavy (non-hydrogen) atoms. The van der Waals surface area contributed by atoms with Gasteiger partial charge in [0.1, 0.15) is 5.92 Å². The molecule has 1 saturated heterocycles. The molecular formula is C55H80N4O5. The molecule has 6 atom stereocenters. The van der Waals surface area contributed by atoms with Crippen LogP contribution in [-0.4, -0.2) is 51.8 Å². The van der Waals surface area contributed by atoms with Gasteiger partial charge in [0.25, 0.3) is 0 Å². The van der Waals surface area contributed by atoms with Crippen molar-refractivity contribution in [2.45, 2.75) is 166 Å². The number of hydrogen-bond acceptors (Lipinski definition) is 6. The lowest BCUT2D eigenvalue weighted by Crippen LogP contribution is -2.25. The summed E-state index contributed by atoms with van der Waals surface area (Å²) in [5, 5.41) is 17.1. The van der Waals surface area contributed by atoms with E-state index < -0.39 is 18.2 Å². The number of carbonyl (C=O) groups is 2. The molecule has 1 aliphatic carbocycles. The minimum atomic E-state index is -1.11. The summed E-state index contributed by atoms with van der Waals surface area (Å²) in [5.41, 5.74) is 13.5. The Labute approximate surface area is 383 Å². The molecule has 0 radical (unpaired) electrons. The number of fused-ring (bicyclic) bond motifs is 7. The molecule has 0 aromatic carbocycles. The van der Waals surface area contributed by atoms with E-state index in [0.29, 0.717) is 36.3 Å². The van der Waals surface area contributed by atoms with E-state index in [1.54, 1.807) is 0 Å². The molecule has 0 amide bonds. The highest BCUT2D eigenvalue weighted by Gasteiger charge is 2.48. The molecule has 9 nitrogen and oxygen atoms in total. The van der Waals surface area contributed by atoms with E-state index in [1.807, 2.05) is 6.92 Å². The highest BCUT2D eigenvalue weighted by atomic mass is 16.6. The van der Waals surface area contributed by atoms with Gasteiger partial charge in [0.15, 0.2) is 12.1 Å². The number of aliphatic hydroxyl groups excluding tert-OH is 1. The first-order chi connectivity index (χ1) is 30.6. The van der Waals surface area contributed by atoms with E-state index in [9.17, 15) is 14.7 Å². The molecule has 0 spiro atoms. The molecule has 3 aromatic heterocycles. The second-order valence-electron chi connectivity index (χ2n) is 20.1. The summed E-state index contributed by atoms with van der Waals surface area (Å²) in [6.07, 6.45) is 21.8. The fourth-order valence-corrected chi connectivity index (χ4v) is 10.7. The Balaban J connectivity index is 1.21. The van der Waals surface area contributed by atoms with Gasteiger partial charge in [0.2, 0.25) is 0 Å². The first-order valence-corrected chi connectivity index (χ1v) is 24.7. The van der Waals surface area contributed by atoms with Gasteiger partial charge in [0.05, 0.1) is 19.4 Å². The van der Waals surface area contributed by atoms with E-state index in [1.165, 1.54) is 86.3 Å². The molecule has 1 fully saturated rings. The third-order valence-electron chi connectivity index (χ3n) is 14.9. The minimum absolute atomic E-state index is 0.0207. The number of esters is 1. The Morgan fingerprint density at radius 1 is 0.797 bits per heavy atom. The molecular weight excluding hydrogens is 797 g/mol. The van der Waals surface area contributed by atoms with Gasteiger partial charge in [-0.15, -0.1) is 0 Å². The normalized spacial score (nSPS) is 22.7. The van der Waals surface area contributed by atoms with Crippen LogP contribution in [0.25, 0.3) is 23.8 Å².